The van der Waals surface area contributed by atoms with E-state index in [9.17, 15) is 0 Å². The minimum atomic E-state index is 0.933. The summed E-state index contributed by atoms with van der Waals surface area (Å²) in [6.07, 6.45) is 0. The topological polar surface area (TPSA) is 22.1 Å². The van der Waals surface area contributed by atoms with Crippen LogP contribution in [0, 0.1) is 6.92 Å². The van der Waals surface area contributed by atoms with Crippen molar-refractivity contribution in [2.24, 2.45) is 0 Å². The number of ether oxygens (including phenoxy) is 1. The third kappa shape index (κ3) is 0.975. The van der Waals surface area contributed by atoms with Crippen LogP contribution in [-0.4, -0.2) is 11.5 Å². The molecule has 1 heterocycles. The van der Waals surface area contributed by atoms with E-state index in [1.807, 2.05) is 17.5 Å². The zero-order chi connectivity index (χ0) is 8.55. The molecule has 0 atom stereocenters. The van der Waals surface area contributed by atoms with Crippen molar-refractivity contribution in [3.8, 4) is 5.75 Å². The molecule has 0 unspecified atom stereocenters. The maximum Gasteiger partial charge on any atom is 0.122 e. The summed E-state index contributed by atoms with van der Waals surface area (Å²) in [5.74, 6) is 0.933. The van der Waals surface area contributed by atoms with E-state index in [1.165, 1.54) is 22.5 Å². The lowest BCUT2D eigenvalue weighted by molar-refractivity contribution is 0.412. The summed E-state index contributed by atoms with van der Waals surface area (Å²) >= 11 is 1.48. The molecule has 1 aromatic heterocycles. The molecular weight excluding hydrogens is 170 g/mol. The number of rotatable bonds is 1. The second kappa shape index (κ2) is 2.75. The fraction of sp³-hybridized carbons (Fsp3) is 0.222. The van der Waals surface area contributed by atoms with E-state index >= 15 is 0 Å². The van der Waals surface area contributed by atoms with Crippen molar-refractivity contribution in [1.82, 2.24) is 4.37 Å². The summed E-state index contributed by atoms with van der Waals surface area (Å²) in [5, 5.41) is 3.24. The lowest BCUT2D eigenvalue weighted by Gasteiger charge is -2.03. The molecule has 0 fully saturated rings. The number of hydrogen-bond acceptors (Lipinski definition) is 3. The Morgan fingerprint density at radius 1 is 1.42 bits per heavy atom. The van der Waals surface area contributed by atoms with Crippen LogP contribution in [0.3, 0.4) is 0 Å². The molecule has 0 radical (unpaired) electrons. The van der Waals surface area contributed by atoms with Crippen molar-refractivity contribution in [3.05, 3.63) is 23.1 Å². The van der Waals surface area contributed by atoms with Gasteiger partial charge in [-0.15, -0.1) is 0 Å². The van der Waals surface area contributed by atoms with E-state index in [-0.39, 0.29) is 0 Å². The van der Waals surface area contributed by atoms with Gasteiger partial charge in [-0.3, -0.25) is 0 Å². The smallest absolute Gasteiger partial charge is 0.122 e. The first-order chi connectivity index (χ1) is 5.83. The van der Waals surface area contributed by atoms with Gasteiger partial charge in [0.25, 0.3) is 0 Å². The first-order valence-electron chi connectivity index (χ1n) is 3.70. The van der Waals surface area contributed by atoms with E-state index in [4.69, 9.17) is 4.74 Å². The Hall–Kier alpha value is -1.09. The molecule has 1 aromatic carbocycles. The highest BCUT2D eigenvalue weighted by Gasteiger charge is 2.04. The van der Waals surface area contributed by atoms with Crippen LogP contribution in [0.1, 0.15) is 5.56 Å². The zero-order valence-electron chi connectivity index (χ0n) is 7.00. The molecule has 12 heavy (non-hydrogen) atoms. The molecule has 0 amide bonds. The summed E-state index contributed by atoms with van der Waals surface area (Å²) in [6.45, 7) is 2.05. The summed E-state index contributed by atoms with van der Waals surface area (Å²) < 4.78 is 9.44. The summed E-state index contributed by atoms with van der Waals surface area (Å²) in [6, 6.07) is 3.94. The average Bonchev–Trinajstić information content (AvgIpc) is 2.53. The minimum Gasteiger partial charge on any atom is -0.496 e. The van der Waals surface area contributed by atoms with Crippen molar-refractivity contribution < 1.29 is 4.74 Å². The van der Waals surface area contributed by atoms with Crippen molar-refractivity contribution in [2.75, 3.05) is 7.11 Å². The minimum absolute atomic E-state index is 0.933. The zero-order valence-corrected chi connectivity index (χ0v) is 7.81. The lowest BCUT2D eigenvalue weighted by atomic mass is 10.1. The third-order valence-corrected chi connectivity index (χ3v) is 2.63. The van der Waals surface area contributed by atoms with Crippen molar-refractivity contribution in [1.29, 1.82) is 0 Å². The Morgan fingerprint density at radius 3 is 3.00 bits per heavy atom. The quantitative estimate of drug-likeness (QED) is 0.671. The van der Waals surface area contributed by atoms with Crippen LogP contribution in [0.5, 0.6) is 5.75 Å². The first-order valence-corrected chi connectivity index (χ1v) is 4.54. The molecule has 3 heteroatoms. The molecule has 0 saturated carbocycles. The summed E-state index contributed by atoms with van der Waals surface area (Å²) in [4.78, 5) is 0. The van der Waals surface area contributed by atoms with Gasteiger partial charge in [0, 0.05) is 16.3 Å². The van der Waals surface area contributed by atoms with E-state index in [0.29, 0.717) is 0 Å². The van der Waals surface area contributed by atoms with Gasteiger partial charge in [-0.1, -0.05) is 0 Å². The van der Waals surface area contributed by atoms with Gasteiger partial charge in [0.2, 0.25) is 0 Å². The maximum absolute atomic E-state index is 5.20. The second-order valence-electron chi connectivity index (χ2n) is 2.64. The monoisotopic (exact) mass is 179 g/mol. The van der Waals surface area contributed by atoms with Crippen LogP contribution >= 0.6 is 11.5 Å². The molecular formula is C9H9NOS. The Kier molecular flexibility index (Phi) is 1.73. The van der Waals surface area contributed by atoms with Crippen LogP contribution in [0.25, 0.3) is 10.9 Å². The van der Waals surface area contributed by atoms with E-state index in [1.54, 1.807) is 7.11 Å². The third-order valence-electron chi connectivity index (χ3n) is 1.98. The number of nitrogens with zero attached hydrogens (tertiary/aromatic N) is 1. The van der Waals surface area contributed by atoms with Crippen LogP contribution in [0.15, 0.2) is 17.5 Å². The van der Waals surface area contributed by atoms with Crippen molar-refractivity contribution >= 4 is 22.4 Å². The maximum atomic E-state index is 5.20. The molecule has 0 spiro atoms. The second-order valence-corrected chi connectivity index (χ2v) is 3.27. The molecule has 62 valence electrons. The highest BCUT2D eigenvalue weighted by Crippen LogP contribution is 2.27. The standard InChI is InChI=1S/C9H9NOS/c1-6-7-5-12-10-8(7)3-4-9(6)11-2/h3-5H,1-2H3. The summed E-state index contributed by atoms with van der Waals surface area (Å²) in [5.41, 5.74) is 2.22. The Morgan fingerprint density at radius 2 is 2.25 bits per heavy atom. The molecule has 2 aromatic rings. The number of fused-ring (bicyclic) bond motifs is 1. The van der Waals surface area contributed by atoms with E-state index < -0.39 is 0 Å². The van der Waals surface area contributed by atoms with Crippen molar-refractivity contribution in [2.45, 2.75) is 6.92 Å². The number of hydrogen-bond donors (Lipinski definition) is 0. The highest BCUT2D eigenvalue weighted by molar-refractivity contribution is 7.04. The molecule has 0 N–H and O–H groups in total. The lowest BCUT2D eigenvalue weighted by Crippen LogP contribution is -1.86. The first kappa shape index (κ1) is 7.55. The SMILES string of the molecule is COc1ccc2nscc2c1C. The van der Waals surface area contributed by atoms with Gasteiger partial charge in [0.15, 0.2) is 0 Å². The predicted molar refractivity (Wildman–Crippen MR) is 50.9 cm³/mol. The Bertz CT molecular complexity index is 408. The number of aryl methyl sites for hydroxylation is 1. The normalized spacial score (nSPS) is 10.5. The Labute approximate surface area is 75.0 Å². The van der Waals surface area contributed by atoms with Crippen LogP contribution in [0.4, 0.5) is 0 Å². The molecule has 2 rings (SSSR count). The number of benzene rings is 1. The number of methoxy groups -OCH3 is 1. The largest absolute Gasteiger partial charge is 0.496 e. The van der Waals surface area contributed by atoms with Gasteiger partial charge in [0.1, 0.15) is 5.75 Å². The van der Waals surface area contributed by atoms with Gasteiger partial charge < -0.3 is 4.74 Å². The van der Waals surface area contributed by atoms with Gasteiger partial charge in [-0.25, -0.2) is 0 Å². The number of aromatic nitrogens is 1. The van der Waals surface area contributed by atoms with Gasteiger partial charge in [-0.2, -0.15) is 4.37 Å². The van der Waals surface area contributed by atoms with Crippen LogP contribution < -0.4 is 4.74 Å². The highest BCUT2D eigenvalue weighted by atomic mass is 32.1. The van der Waals surface area contributed by atoms with E-state index in [2.05, 4.69) is 11.3 Å². The molecule has 0 saturated heterocycles. The predicted octanol–water partition coefficient (Wildman–Crippen LogP) is 2.61. The fourth-order valence-electron chi connectivity index (χ4n) is 1.28. The fourth-order valence-corrected chi connectivity index (χ4v) is 2.01. The van der Waals surface area contributed by atoms with Crippen LogP contribution in [-0.2, 0) is 0 Å². The van der Waals surface area contributed by atoms with Crippen molar-refractivity contribution in [3.63, 3.8) is 0 Å². The van der Waals surface area contributed by atoms with E-state index in [0.717, 1.165) is 11.3 Å². The average molecular weight is 179 g/mol. The molecule has 0 aliphatic rings. The van der Waals surface area contributed by atoms with Gasteiger partial charge in [0.05, 0.1) is 12.6 Å². The molecule has 0 aliphatic carbocycles. The molecule has 2 nitrogen and oxygen atoms in total. The Balaban J connectivity index is 2.78. The van der Waals surface area contributed by atoms with Gasteiger partial charge in [-0.05, 0) is 30.6 Å². The van der Waals surface area contributed by atoms with Crippen LogP contribution in [0.2, 0.25) is 0 Å². The molecule has 0 aliphatic heterocycles. The summed E-state index contributed by atoms with van der Waals surface area (Å²) in [7, 11) is 1.69. The molecule has 0 bridgehead atoms. The van der Waals surface area contributed by atoms with Gasteiger partial charge >= 0.3 is 0 Å².